The first kappa shape index (κ1) is 11.7. The number of primary amides is 1. The Bertz CT molecular complexity index is 349. The van der Waals surface area contributed by atoms with E-state index in [-0.39, 0.29) is 23.7 Å². The number of anilines is 1. The summed E-state index contributed by atoms with van der Waals surface area (Å²) in [5, 5.41) is 3.20. The highest BCUT2D eigenvalue weighted by atomic mass is 35.5. The van der Waals surface area contributed by atoms with Crippen LogP contribution in [0.1, 0.15) is 19.0 Å². The molecule has 1 amide bonds. The van der Waals surface area contributed by atoms with Crippen LogP contribution in [0.15, 0.2) is 6.07 Å². The monoisotopic (exact) mass is 228 g/mol. The minimum Gasteiger partial charge on any atom is -0.370 e. The molecule has 1 heterocycles. The van der Waals surface area contributed by atoms with E-state index in [2.05, 4.69) is 15.3 Å². The number of aromatic nitrogens is 2. The molecule has 0 fully saturated rings. The van der Waals surface area contributed by atoms with Crippen LogP contribution in [-0.2, 0) is 4.79 Å². The Morgan fingerprint density at radius 1 is 1.67 bits per heavy atom. The van der Waals surface area contributed by atoms with E-state index in [1.165, 1.54) is 0 Å². The number of hydrogen-bond acceptors (Lipinski definition) is 4. The van der Waals surface area contributed by atoms with E-state index in [9.17, 15) is 4.79 Å². The molecule has 0 saturated carbocycles. The predicted octanol–water partition coefficient (Wildman–Crippen LogP) is 1.11. The Morgan fingerprint density at radius 2 is 2.33 bits per heavy atom. The molecule has 0 saturated heterocycles. The van der Waals surface area contributed by atoms with Gasteiger partial charge in [0.05, 0.1) is 0 Å². The topological polar surface area (TPSA) is 80.9 Å². The third-order valence-electron chi connectivity index (χ3n) is 1.73. The second-order valence-electron chi connectivity index (χ2n) is 3.38. The zero-order chi connectivity index (χ0) is 11.4. The van der Waals surface area contributed by atoms with Gasteiger partial charge in [0.2, 0.25) is 11.2 Å². The third-order valence-corrected chi connectivity index (χ3v) is 1.90. The molecule has 5 nitrogen and oxygen atoms in total. The van der Waals surface area contributed by atoms with E-state index >= 15 is 0 Å². The molecule has 0 aliphatic rings. The summed E-state index contributed by atoms with van der Waals surface area (Å²) in [6.45, 7) is 3.66. The summed E-state index contributed by atoms with van der Waals surface area (Å²) in [6, 6.07) is 1.68. The van der Waals surface area contributed by atoms with Crippen molar-refractivity contribution in [1.82, 2.24) is 9.97 Å². The quantitative estimate of drug-likeness (QED) is 0.757. The number of halogens is 1. The van der Waals surface area contributed by atoms with E-state index in [1.54, 1.807) is 6.07 Å². The van der Waals surface area contributed by atoms with Crippen LogP contribution in [0, 0.1) is 6.92 Å². The van der Waals surface area contributed by atoms with Crippen LogP contribution >= 0.6 is 11.6 Å². The van der Waals surface area contributed by atoms with Crippen LogP contribution in [0.4, 0.5) is 5.82 Å². The molecule has 0 radical (unpaired) electrons. The number of aryl methyl sites for hydroxylation is 1. The Balaban J connectivity index is 2.67. The van der Waals surface area contributed by atoms with Crippen LogP contribution in [0.25, 0.3) is 0 Å². The molecule has 82 valence electrons. The minimum atomic E-state index is -0.355. The van der Waals surface area contributed by atoms with Crippen molar-refractivity contribution >= 4 is 23.3 Å². The summed E-state index contributed by atoms with van der Waals surface area (Å²) in [4.78, 5) is 18.6. The third kappa shape index (κ3) is 4.12. The minimum absolute atomic E-state index is 0.0760. The maximum Gasteiger partial charge on any atom is 0.224 e. The molecular formula is C9H13ClN4O. The Morgan fingerprint density at radius 3 is 2.87 bits per heavy atom. The van der Waals surface area contributed by atoms with Crippen molar-refractivity contribution < 1.29 is 4.79 Å². The van der Waals surface area contributed by atoms with Gasteiger partial charge in [0.1, 0.15) is 5.82 Å². The van der Waals surface area contributed by atoms with Crippen molar-refractivity contribution in [3.63, 3.8) is 0 Å². The Labute approximate surface area is 93.0 Å². The second kappa shape index (κ2) is 4.93. The number of nitrogens with zero attached hydrogens (tertiary/aromatic N) is 2. The SMILES string of the molecule is Cc1cc(NC(C)CC(N)=O)nc(Cl)n1. The van der Waals surface area contributed by atoms with E-state index < -0.39 is 0 Å². The van der Waals surface area contributed by atoms with Gasteiger partial charge in [-0.2, -0.15) is 0 Å². The van der Waals surface area contributed by atoms with Gasteiger partial charge in [0, 0.05) is 24.2 Å². The number of carbonyl (C=O) groups is 1. The number of nitrogens with two attached hydrogens (primary N) is 1. The number of hydrogen-bond donors (Lipinski definition) is 2. The van der Waals surface area contributed by atoms with Gasteiger partial charge in [-0.25, -0.2) is 9.97 Å². The molecule has 3 N–H and O–H groups in total. The van der Waals surface area contributed by atoms with Gasteiger partial charge < -0.3 is 11.1 Å². The smallest absolute Gasteiger partial charge is 0.224 e. The lowest BCUT2D eigenvalue weighted by Gasteiger charge is -2.12. The fraction of sp³-hybridized carbons (Fsp3) is 0.444. The van der Waals surface area contributed by atoms with Gasteiger partial charge in [0.15, 0.2) is 0 Å². The summed E-state index contributed by atoms with van der Waals surface area (Å²) in [5.41, 5.74) is 5.84. The predicted molar refractivity (Wildman–Crippen MR) is 58.7 cm³/mol. The number of amides is 1. The van der Waals surface area contributed by atoms with Crippen LogP contribution < -0.4 is 11.1 Å². The fourth-order valence-corrected chi connectivity index (χ4v) is 1.44. The van der Waals surface area contributed by atoms with Crippen molar-refractivity contribution in [2.24, 2.45) is 5.73 Å². The standard InChI is InChI=1S/C9H13ClN4O/c1-5(3-7(11)15)12-8-4-6(2)13-9(10)14-8/h4-5H,3H2,1-2H3,(H2,11,15)(H,12,13,14). The Hall–Kier alpha value is -1.36. The lowest BCUT2D eigenvalue weighted by atomic mass is 10.2. The lowest BCUT2D eigenvalue weighted by molar-refractivity contribution is -0.118. The van der Waals surface area contributed by atoms with E-state index in [0.717, 1.165) is 5.69 Å². The van der Waals surface area contributed by atoms with Gasteiger partial charge in [-0.1, -0.05) is 0 Å². The summed E-state index contributed by atoms with van der Waals surface area (Å²) >= 11 is 5.69. The van der Waals surface area contributed by atoms with Gasteiger partial charge >= 0.3 is 0 Å². The molecule has 1 aromatic rings. The molecule has 1 unspecified atom stereocenters. The van der Waals surface area contributed by atoms with E-state index in [1.807, 2.05) is 13.8 Å². The molecule has 0 aliphatic heterocycles. The van der Waals surface area contributed by atoms with E-state index in [0.29, 0.717) is 5.82 Å². The highest BCUT2D eigenvalue weighted by Crippen LogP contribution is 2.11. The molecule has 1 atom stereocenters. The van der Waals surface area contributed by atoms with Crippen LogP contribution in [-0.4, -0.2) is 21.9 Å². The van der Waals surface area contributed by atoms with E-state index in [4.69, 9.17) is 17.3 Å². The second-order valence-corrected chi connectivity index (χ2v) is 3.72. The highest BCUT2D eigenvalue weighted by molar-refractivity contribution is 6.28. The van der Waals surface area contributed by atoms with Crippen molar-refractivity contribution in [3.8, 4) is 0 Å². The summed E-state index contributed by atoms with van der Waals surface area (Å²) in [6.07, 6.45) is 0.251. The maximum atomic E-state index is 10.7. The summed E-state index contributed by atoms with van der Waals surface area (Å²) in [5.74, 6) is 0.244. The van der Waals surface area contributed by atoms with Crippen LogP contribution in [0.2, 0.25) is 5.28 Å². The molecule has 1 rings (SSSR count). The van der Waals surface area contributed by atoms with Crippen molar-refractivity contribution in [2.75, 3.05) is 5.32 Å². The first-order valence-corrected chi connectivity index (χ1v) is 4.91. The van der Waals surface area contributed by atoms with Crippen molar-refractivity contribution in [1.29, 1.82) is 0 Å². The number of rotatable bonds is 4. The fourth-order valence-electron chi connectivity index (χ4n) is 1.21. The van der Waals surface area contributed by atoms with Gasteiger partial charge in [-0.15, -0.1) is 0 Å². The van der Waals surface area contributed by atoms with Crippen molar-refractivity contribution in [2.45, 2.75) is 26.3 Å². The first-order valence-electron chi connectivity index (χ1n) is 4.53. The van der Waals surface area contributed by atoms with Gasteiger partial charge in [-0.05, 0) is 25.4 Å². The molecule has 0 spiro atoms. The molecule has 0 bridgehead atoms. The highest BCUT2D eigenvalue weighted by Gasteiger charge is 2.07. The van der Waals surface area contributed by atoms with Gasteiger partial charge in [0.25, 0.3) is 0 Å². The molecule has 0 aliphatic carbocycles. The molecule has 6 heteroatoms. The van der Waals surface area contributed by atoms with Gasteiger partial charge in [-0.3, -0.25) is 4.79 Å². The lowest BCUT2D eigenvalue weighted by Crippen LogP contribution is -2.24. The number of nitrogens with one attached hydrogen (secondary N) is 1. The van der Waals surface area contributed by atoms with Crippen LogP contribution in [0.5, 0.6) is 0 Å². The summed E-state index contributed by atoms with van der Waals surface area (Å²) < 4.78 is 0. The molecule has 1 aromatic heterocycles. The average Bonchev–Trinajstić information content (AvgIpc) is 1.98. The Kier molecular flexibility index (Phi) is 3.85. The van der Waals surface area contributed by atoms with Crippen LogP contribution in [0.3, 0.4) is 0 Å². The number of carbonyl (C=O) groups excluding carboxylic acids is 1. The summed E-state index contributed by atoms with van der Waals surface area (Å²) in [7, 11) is 0. The van der Waals surface area contributed by atoms with Crippen molar-refractivity contribution in [3.05, 3.63) is 17.0 Å². The largest absolute Gasteiger partial charge is 0.370 e. The normalized spacial score (nSPS) is 12.2. The first-order chi connectivity index (χ1) is 6.97. The molecular weight excluding hydrogens is 216 g/mol. The zero-order valence-corrected chi connectivity index (χ0v) is 9.38. The molecule has 15 heavy (non-hydrogen) atoms. The average molecular weight is 229 g/mol. The zero-order valence-electron chi connectivity index (χ0n) is 8.62. The molecule has 0 aromatic carbocycles. The maximum absolute atomic E-state index is 10.7.